The minimum atomic E-state index is -0.543. The highest BCUT2D eigenvalue weighted by Crippen LogP contribution is 2.37. The van der Waals surface area contributed by atoms with Gasteiger partial charge in [0.15, 0.2) is 5.78 Å². The maximum atomic E-state index is 14.1. The smallest absolute Gasteiger partial charge is 0.219 e. The molecule has 8 heteroatoms. The highest BCUT2D eigenvalue weighted by Gasteiger charge is 2.34. The van der Waals surface area contributed by atoms with Crippen LogP contribution in [0.25, 0.3) is 10.6 Å². The van der Waals surface area contributed by atoms with Gasteiger partial charge in [0.2, 0.25) is 5.78 Å². The van der Waals surface area contributed by atoms with Crippen molar-refractivity contribution < 1.29 is 14.0 Å². The van der Waals surface area contributed by atoms with E-state index in [1.165, 1.54) is 18.2 Å². The lowest BCUT2D eigenvalue weighted by atomic mass is 9.98. The molecule has 2 aromatic rings. The first-order chi connectivity index (χ1) is 11.9. The van der Waals surface area contributed by atoms with Gasteiger partial charge >= 0.3 is 0 Å². The highest BCUT2D eigenvalue weighted by molar-refractivity contribution is 7.18. The molecule has 0 saturated heterocycles. The van der Waals surface area contributed by atoms with Crippen LogP contribution in [-0.2, 0) is 0 Å². The van der Waals surface area contributed by atoms with Gasteiger partial charge in [-0.2, -0.15) is 0 Å². The van der Waals surface area contributed by atoms with E-state index in [9.17, 15) is 14.0 Å². The standard InChI is InChI=1S/C17H15ClFN3O2S/c1-22(2)7-6-20-11-8-12(23)14-16(15(11)24)25-17(21-14)13-9(18)4-3-5-10(13)19/h3-5H,6-8H2,1-2H3. The lowest BCUT2D eigenvalue weighted by Crippen LogP contribution is -2.27. The van der Waals surface area contributed by atoms with Crippen molar-refractivity contribution in [3.8, 4) is 10.6 Å². The number of carbonyl (C=O) groups is 2. The number of nitrogens with zero attached hydrogens (tertiary/aromatic N) is 3. The molecule has 0 aliphatic heterocycles. The summed E-state index contributed by atoms with van der Waals surface area (Å²) in [7, 11) is 3.81. The van der Waals surface area contributed by atoms with E-state index in [0.717, 1.165) is 11.3 Å². The third kappa shape index (κ3) is 3.53. The summed E-state index contributed by atoms with van der Waals surface area (Å²) < 4.78 is 14.1. The summed E-state index contributed by atoms with van der Waals surface area (Å²) in [6.07, 6.45) is -0.0760. The quantitative estimate of drug-likeness (QED) is 0.817. The molecule has 3 rings (SSSR count). The molecule has 0 N–H and O–H groups in total. The van der Waals surface area contributed by atoms with Crippen molar-refractivity contribution in [1.82, 2.24) is 9.88 Å². The number of aromatic nitrogens is 1. The number of likely N-dealkylation sites (N-methyl/N-ethyl adjacent to an activating group) is 1. The number of carbonyl (C=O) groups excluding carboxylic acids is 2. The molecule has 0 saturated carbocycles. The third-order valence-electron chi connectivity index (χ3n) is 3.71. The molecule has 0 bridgehead atoms. The summed E-state index contributed by atoms with van der Waals surface area (Å²) in [5, 5.41) is 0.412. The van der Waals surface area contributed by atoms with E-state index in [1.54, 1.807) is 0 Å². The molecule has 1 aliphatic rings. The number of ketones is 2. The summed E-state index contributed by atoms with van der Waals surface area (Å²) in [6, 6.07) is 4.29. The van der Waals surface area contributed by atoms with E-state index >= 15 is 0 Å². The van der Waals surface area contributed by atoms with Crippen LogP contribution in [0.4, 0.5) is 4.39 Å². The second-order valence-electron chi connectivity index (χ2n) is 5.85. The molecular weight excluding hydrogens is 365 g/mol. The number of aliphatic imine (C=N–C) groups is 1. The molecule has 25 heavy (non-hydrogen) atoms. The van der Waals surface area contributed by atoms with Gasteiger partial charge < -0.3 is 4.90 Å². The number of hydrogen-bond acceptors (Lipinski definition) is 6. The van der Waals surface area contributed by atoms with E-state index in [1.807, 2.05) is 19.0 Å². The average Bonchev–Trinajstić information content (AvgIpc) is 2.97. The Morgan fingerprint density at radius 2 is 2.12 bits per heavy atom. The molecule has 5 nitrogen and oxygen atoms in total. The van der Waals surface area contributed by atoms with Crippen LogP contribution in [0.5, 0.6) is 0 Å². The summed E-state index contributed by atoms with van der Waals surface area (Å²) >= 11 is 7.03. The predicted molar refractivity (Wildman–Crippen MR) is 96.7 cm³/mol. The second kappa shape index (κ2) is 7.11. The molecule has 1 aliphatic carbocycles. The molecule has 130 valence electrons. The second-order valence-corrected chi connectivity index (χ2v) is 7.26. The van der Waals surface area contributed by atoms with E-state index in [0.29, 0.717) is 13.1 Å². The van der Waals surface area contributed by atoms with Gasteiger partial charge in [0.05, 0.1) is 29.3 Å². The van der Waals surface area contributed by atoms with Crippen molar-refractivity contribution in [2.24, 2.45) is 4.99 Å². The highest BCUT2D eigenvalue weighted by atomic mass is 35.5. The maximum Gasteiger partial charge on any atom is 0.219 e. The Hall–Kier alpha value is -1.96. The van der Waals surface area contributed by atoms with Crippen LogP contribution in [0.15, 0.2) is 23.2 Å². The molecule has 0 radical (unpaired) electrons. The Bertz CT molecular complexity index is 872. The first kappa shape index (κ1) is 17.8. The molecule has 0 unspecified atom stereocenters. The molecule has 0 atom stereocenters. The summed E-state index contributed by atoms with van der Waals surface area (Å²) in [6.45, 7) is 1.11. The van der Waals surface area contributed by atoms with Crippen LogP contribution in [0.1, 0.15) is 26.6 Å². The first-order valence-electron chi connectivity index (χ1n) is 7.59. The first-order valence-corrected chi connectivity index (χ1v) is 8.79. The number of hydrogen-bond donors (Lipinski definition) is 0. The van der Waals surface area contributed by atoms with Gasteiger partial charge in [-0.1, -0.05) is 17.7 Å². The van der Waals surface area contributed by atoms with Crippen molar-refractivity contribution in [1.29, 1.82) is 0 Å². The van der Waals surface area contributed by atoms with E-state index in [-0.39, 0.29) is 49.9 Å². The summed E-state index contributed by atoms with van der Waals surface area (Å²) in [4.78, 5) is 35.5. The fraction of sp³-hybridized carbons (Fsp3) is 0.294. The number of thiazole rings is 1. The Kier molecular flexibility index (Phi) is 5.08. The number of halogens is 2. The fourth-order valence-corrected chi connectivity index (χ4v) is 3.85. The lowest BCUT2D eigenvalue weighted by Gasteiger charge is -2.11. The Balaban J connectivity index is 1.98. The number of benzene rings is 1. The molecule has 0 amide bonds. The SMILES string of the molecule is CN(C)CCN=C1CC(=O)c2nc(-c3c(F)cccc3Cl)sc2C1=O. The van der Waals surface area contributed by atoms with Gasteiger partial charge in [0, 0.05) is 6.54 Å². The topological polar surface area (TPSA) is 62.6 Å². The molecule has 1 aromatic heterocycles. The van der Waals surface area contributed by atoms with Crippen LogP contribution in [0.2, 0.25) is 5.02 Å². The number of fused-ring (bicyclic) bond motifs is 1. The van der Waals surface area contributed by atoms with Gasteiger partial charge in [0.1, 0.15) is 21.4 Å². The van der Waals surface area contributed by atoms with Crippen molar-refractivity contribution in [3.05, 3.63) is 39.6 Å². The number of Topliss-reactive ketones (excluding diaryl/α,β-unsaturated/α-hetero) is 2. The van der Waals surface area contributed by atoms with Crippen LogP contribution in [-0.4, -0.2) is 54.3 Å². The van der Waals surface area contributed by atoms with Gasteiger partial charge in [-0.15, -0.1) is 11.3 Å². The van der Waals surface area contributed by atoms with Crippen LogP contribution < -0.4 is 0 Å². The zero-order valence-corrected chi connectivity index (χ0v) is 15.2. The van der Waals surface area contributed by atoms with Crippen molar-refractivity contribution in [2.45, 2.75) is 6.42 Å². The van der Waals surface area contributed by atoms with Gasteiger partial charge in [-0.25, -0.2) is 9.37 Å². The van der Waals surface area contributed by atoms with E-state index in [4.69, 9.17) is 11.6 Å². The van der Waals surface area contributed by atoms with Crippen LogP contribution in [0.3, 0.4) is 0 Å². The van der Waals surface area contributed by atoms with Crippen LogP contribution >= 0.6 is 22.9 Å². The zero-order valence-electron chi connectivity index (χ0n) is 13.7. The minimum absolute atomic E-state index is 0.0760. The molecule has 1 aromatic carbocycles. The lowest BCUT2D eigenvalue weighted by molar-refractivity contribution is 0.0963. The monoisotopic (exact) mass is 379 g/mol. The zero-order chi connectivity index (χ0) is 18.1. The van der Waals surface area contributed by atoms with Crippen LogP contribution in [0, 0.1) is 5.82 Å². The van der Waals surface area contributed by atoms with Gasteiger partial charge in [0.25, 0.3) is 0 Å². The van der Waals surface area contributed by atoms with Gasteiger partial charge in [-0.05, 0) is 26.2 Å². The Morgan fingerprint density at radius 3 is 2.80 bits per heavy atom. The van der Waals surface area contributed by atoms with Crippen molar-refractivity contribution in [3.63, 3.8) is 0 Å². The summed E-state index contributed by atoms with van der Waals surface area (Å²) in [5.41, 5.74) is 0.417. The average molecular weight is 380 g/mol. The van der Waals surface area contributed by atoms with Crippen molar-refractivity contribution in [2.75, 3.05) is 27.2 Å². The minimum Gasteiger partial charge on any atom is -0.308 e. The van der Waals surface area contributed by atoms with E-state index in [2.05, 4.69) is 9.98 Å². The Morgan fingerprint density at radius 1 is 1.36 bits per heavy atom. The molecule has 0 spiro atoms. The van der Waals surface area contributed by atoms with E-state index < -0.39 is 5.82 Å². The maximum absolute atomic E-state index is 14.1. The molecule has 0 fully saturated rings. The number of rotatable bonds is 4. The van der Waals surface area contributed by atoms with Gasteiger partial charge in [-0.3, -0.25) is 14.6 Å². The molecule has 1 heterocycles. The Labute approximate surface area is 153 Å². The predicted octanol–water partition coefficient (Wildman–Crippen LogP) is 3.37. The normalized spacial score (nSPS) is 16.0. The van der Waals surface area contributed by atoms with Crippen molar-refractivity contribution >= 4 is 40.2 Å². The fourth-order valence-electron chi connectivity index (χ4n) is 2.43. The third-order valence-corrected chi connectivity index (χ3v) is 5.10. The summed E-state index contributed by atoms with van der Waals surface area (Å²) in [5.74, 6) is -1.14. The molecular formula is C17H15ClFN3O2S. The largest absolute Gasteiger partial charge is 0.308 e.